The molecule has 0 spiro atoms. The summed E-state index contributed by atoms with van der Waals surface area (Å²) in [7, 11) is 0. The molecule has 0 saturated carbocycles. The zero-order chi connectivity index (χ0) is 22.2. The van der Waals surface area contributed by atoms with Crippen LogP contribution in [0.4, 0.5) is 11.4 Å². The van der Waals surface area contributed by atoms with Gasteiger partial charge in [0.2, 0.25) is 6.04 Å². The molecule has 4 unspecified atom stereocenters. The quantitative estimate of drug-likeness (QED) is 0.228. The minimum absolute atomic E-state index is 0.0947. The van der Waals surface area contributed by atoms with Gasteiger partial charge in [0, 0.05) is 17.7 Å². The second kappa shape index (κ2) is 8.63. The monoisotopic (exact) mass is 457 g/mol. The molecule has 1 amide bonds. The fourth-order valence-corrected chi connectivity index (χ4v) is 3.51. The molecule has 5 N–H and O–H groups in total. The first-order valence-electron chi connectivity index (χ1n) is 8.22. The van der Waals surface area contributed by atoms with Crippen LogP contribution >= 0.6 is 23.2 Å². The Balaban J connectivity index is 1.88. The first kappa shape index (κ1) is 22.1. The largest absolute Gasteiger partial charge is 0.599 e. The smallest absolute Gasteiger partial charge is 0.339 e. The van der Waals surface area contributed by atoms with E-state index in [4.69, 9.17) is 33.1 Å². The SMILES string of the molecule is O=C(Nc1c(Cl)cc([NH+]([O-])O)cc1Cl)C(=O)C(C1OC(=O)c2ccccc21)[NH+]([O-])O. The summed E-state index contributed by atoms with van der Waals surface area (Å²) in [4.78, 5) is 37.0. The van der Waals surface area contributed by atoms with Gasteiger partial charge >= 0.3 is 5.97 Å². The summed E-state index contributed by atoms with van der Waals surface area (Å²) in [5, 5.41) is 39.8. The number of hydroxylamine groups is 2. The maximum atomic E-state index is 12.6. The maximum absolute atomic E-state index is 12.6. The highest BCUT2D eigenvalue weighted by Crippen LogP contribution is 2.34. The molecule has 13 heteroatoms. The van der Waals surface area contributed by atoms with Crippen molar-refractivity contribution in [2.75, 3.05) is 5.32 Å². The summed E-state index contributed by atoms with van der Waals surface area (Å²) < 4.78 is 5.03. The maximum Gasteiger partial charge on any atom is 0.339 e. The van der Waals surface area contributed by atoms with E-state index in [0.29, 0.717) is 0 Å². The molecule has 0 aliphatic carbocycles. The average Bonchev–Trinajstić information content (AvgIpc) is 3.00. The number of nitrogens with one attached hydrogen (secondary N) is 3. The second-order valence-electron chi connectivity index (χ2n) is 6.17. The Bertz CT molecular complexity index is 1010. The third kappa shape index (κ3) is 4.14. The van der Waals surface area contributed by atoms with Crippen molar-refractivity contribution in [3.63, 3.8) is 0 Å². The van der Waals surface area contributed by atoms with Crippen molar-refractivity contribution < 1.29 is 40.0 Å². The van der Waals surface area contributed by atoms with Gasteiger partial charge in [0.25, 0.3) is 11.7 Å². The van der Waals surface area contributed by atoms with Gasteiger partial charge in [0.05, 0.1) is 21.3 Å². The standard InChI is InChI=1S/C17H13Cl2N3O8/c18-10-5-7(21(26)27)6-11(19)12(10)20-16(24)14(23)13(22(28)29)15-8-3-1-2-4-9(8)17(25)30-15/h1-6,13,15,21-22,26,28H,(H,20,24). The fourth-order valence-electron chi connectivity index (χ4n) is 2.93. The molecule has 1 aliphatic rings. The van der Waals surface area contributed by atoms with Crippen LogP contribution in [0.1, 0.15) is 22.0 Å². The predicted octanol–water partition coefficient (Wildman–Crippen LogP) is -0.0434. The minimum Gasteiger partial charge on any atom is -0.599 e. The molecular formula is C17H13Cl2N3O8. The van der Waals surface area contributed by atoms with Crippen LogP contribution in [0.2, 0.25) is 10.0 Å². The van der Waals surface area contributed by atoms with Crippen LogP contribution in [0, 0.1) is 10.4 Å². The van der Waals surface area contributed by atoms with E-state index < -0.39 is 40.3 Å². The molecular weight excluding hydrogens is 445 g/mol. The Hall–Kier alpha value is -2.61. The van der Waals surface area contributed by atoms with E-state index in [2.05, 4.69) is 5.32 Å². The molecule has 3 rings (SSSR count). The topological polar surface area (TPSA) is 168 Å². The number of esters is 1. The minimum atomic E-state index is -2.02. The lowest BCUT2D eigenvalue weighted by molar-refractivity contribution is -1.06. The molecule has 0 saturated heterocycles. The van der Waals surface area contributed by atoms with Gasteiger partial charge in [-0.2, -0.15) is 5.23 Å². The van der Waals surface area contributed by atoms with Gasteiger partial charge < -0.3 is 20.5 Å². The van der Waals surface area contributed by atoms with E-state index in [1.165, 1.54) is 24.3 Å². The molecule has 0 radical (unpaired) electrons. The molecule has 0 bridgehead atoms. The van der Waals surface area contributed by atoms with Crippen molar-refractivity contribution in [2.24, 2.45) is 0 Å². The molecule has 2 aromatic rings. The Kier molecular flexibility index (Phi) is 6.36. The second-order valence-corrected chi connectivity index (χ2v) is 6.98. The van der Waals surface area contributed by atoms with Gasteiger partial charge in [0.1, 0.15) is 0 Å². The van der Waals surface area contributed by atoms with Crippen LogP contribution in [0.5, 0.6) is 0 Å². The van der Waals surface area contributed by atoms with Gasteiger partial charge in [-0.15, -0.1) is 0 Å². The molecule has 158 valence electrons. The lowest BCUT2D eigenvalue weighted by Crippen LogP contribution is -3.11. The number of amides is 1. The van der Waals surface area contributed by atoms with Crippen LogP contribution in [0.25, 0.3) is 0 Å². The molecule has 2 aromatic carbocycles. The van der Waals surface area contributed by atoms with E-state index in [1.54, 1.807) is 0 Å². The van der Waals surface area contributed by atoms with Gasteiger partial charge in [-0.25, -0.2) is 20.4 Å². The zero-order valence-electron chi connectivity index (χ0n) is 14.7. The summed E-state index contributed by atoms with van der Waals surface area (Å²) in [6.07, 6.45) is -1.50. The van der Waals surface area contributed by atoms with Crippen LogP contribution < -0.4 is 15.8 Å². The number of fused-ring (bicyclic) bond motifs is 1. The summed E-state index contributed by atoms with van der Waals surface area (Å²) in [6, 6.07) is 5.88. The number of Topliss-reactive ketones (excluding diaryl/α,β-unsaturated/α-hetero) is 1. The number of benzene rings is 2. The third-order valence-corrected chi connectivity index (χ3v) is 4.92. The first-order chi connectivity index (χ1) is 14.1. The number of ether oxygens (including phenoxy) is 1. The lowest BCUT2D eigenvalue weighted by atomic mass is 9.97. The normalized spacial score (nSPS) is 18.2. The Labute approximate surface area is 178 Å². The van der Waals surface area contributed by atoms with Crippen molar-refractivity contribution in [2.45, 2.75) is 12.1 Å². The van der Waals surface area contributed by atoms with E-state index in [9.17, 15) is 30.0 Å². The van der Waals surface area contributed by atoms with E-state index in [1.807, 2.05) is 0 Å². The van der Waals surface area contributed by atoms with Crippen molar-refractivity contribution in [3.8, 4) is 0 Å². The molecule has 30 heavy (non-hydrogen) atoms. The van der Waals surface area contributed by atoms with Crippen molar-refractivity contribution >= 4 is 52.2 Å². The van der Waals surface area contributed by atoms with Crippen LogP contribution in [-0.2, 0) is 14.3 Å². The number of anilines is 1. The third-order valence-electron chi connectivity index (χ3n) is 4.32. The zero-order valence-corrected chi connectivity index (χ0v) is 16.2. The fraction of sp³-hybridized carbons (Fsp3) is 0.118. The van der Waals surface area contributed by atoms with Gasteiger partial charge in [-0.3, -0.25) is 9.59 Å². The predicted molar refractivity (Wildman–Crippen MR) is 100 cm³/mol. The molecule has 0 fully saturated rings. The Morgan fingerprint density at radius 2 is 1.73 bits per heavy atom. The van der Waals surface area contributed by atoms with Gasteiger partial charge in [0.15, 0.2) is 11.8 Å². The highest BCUT2D eigenvalue weighted by Gasteiger charge is 2.46. The van der Waals surface area contributed by atoms with Crippen LogP contribution in [-0.4, -0.2) is 34.1 Å². The molecule has 1 heterocycles. The Morgan fingerprint density at radius 3 is 2.30 bits per heavy atom. The number of hydrogen-bond donors (Lipinski definition) is 5. The number of quaternary nitrogens is 2. The number of halogens is 2. The summed E-state index contributed by atoms with van der Waals surface area (Å²) >= 11 is 11.8. The molecule has 11 nitrogen and oxygen atoms in total. The number of carbonyl (C=O) groups is 3. The van der Waals surface area contributed by atoms with E-state index in [0.717, 1.165) is 12.1 Å². The van der Waals surface area contributed by atoms with E-state index in [-0.39, 0.29) is 32.5 Å². The highest BCUT2D eigenvalue weighted by molar-refractivity contribution is 6.46. The summed E-state index contributed by atoms with van der Waals surface area (Å²) in [5.74, 6) is -3.61. The summed E-state index contributed by atoms with van der Waals surface area (Å²) in [6.45, 7) is 0. The van der Waals surface area contributed by atoms with Gasteiger partial charge in [-0.05, 0) is 6.07 Å². The number of cyclic esters (lactones) is 1. The van der Waals surface area contributed by atoms with E-state index >= 15 is 0 Å². The Morgan fingerprint density at radius 1 is 1.13 bits per heavy atom. The van der Waals surface area contributed by atoms with Crippen molar-refractivity contribution in [1.82, 2.24) is 0 Å². The number of carbonyl (C=O) groups excluding carboxylic acids is 3. The number of ketones is 1. The van der Waals surface area contributed by atoms with Crippen molar-refractivity contribution in [3.05, 3.63) is 68.0 Å². The van der Waals surface area contributed by atoms with Crippen molar-refractivity contribution in [1.29, 1.82) is 0 Å². The van der Waals surface area contributed by atoms with Gasteiger partial charge in [-0.1, -0.05) is 41.4 Å². The first-order valence-corrected chi connectivity index (χ1v) is 8.97. The van der Waals surface area contributed by atoms with Crippen LogP contribution in [0.3, 0.4) is 0 Å². The summed E-state index contributed by atoms with van der Waals surface area (Å²) in [5.41, 5.74) is -0.267. The molecule has 0 aromatic heterocycles. The number of rotatable bonds is 6. The molecule has 1 aliphatic heterocycles. The van der Waals surface area contributed by atoms with Crippen LogP contribution in [0.15, 0.2) is 36.4 Å². The highest BCUT2D eigenvalue weighted by atomic mass is 35.5. The number of hydrogen-bond acceptors (Lipinski definition) is 8. The average molecular weight is 458 g/mol. The lowest BCUT2D eigenvalue weighted by Gasteiger charge is -2.26. The molecule has 4 atom stereocenters.